The van der Waals surface area contributed by atoms with Crippen molar-refractivity contribution in [2.24, 2.45) is 0 Å². The summed E-state index contributed by atoms with van der Waals surface area (Å²) in [6.45, 7) is 8.71. The number of rotatable bonds is 11. The molecule has 0 saturated carbocycles. The van der Waals surface area contributed by atoms with Gasteiger partial charge in [0.05, 0.1) is 24.8 Å². The number of nitrogens with zero attached hydrogens (tertiary/aromatic N) is 2. The number of ketones is 1. The van der Waals surface area contributed by atoms with Gasteiger partial charge in [-0.05, 0) is 67.4 Å². The molecule has 3 aromatic rings. The van der Waals surface area contributed by atoms with Gasteiger partial charge < -0.3 is 24.2 Å². The van der Waals surface area contributed by atoms with Crippen LogP contribution in [0.3, 0.4) is 0 Å². The van der Waals surface area contributed by atoms with Crippen LogP contribution in [0.5, 0.6) is 17.2 Å². The molecule has 1 N–H and O–H groups in total. The highest BCUT2D eigenvalue weighted by atomic mass is 16.5. The molecule has 1 saturated heterocycles. The maximum atomic E-state index is 13.4. The number of Topliss-reactive ketones (excluding diaryl/α,β-unsaturated/α-hetero) is 1. The second-order valence-electron chi connectivity index (χ2n) is 8.48. The predicted octanol–water partition coefficient (Wildman–Crippen LogP) is 5.07. The molecule has 1 aliphatic heterocycles. The first-order valence-electron chi connectivity index (χ1n) is 12.4. The second kappa shape index (κ2) is 12.1. The second-order valence-corrected chi connectivity index (χ2v) is 8.48. The first kappa shape index (κ1) is 26.5. The number of ether oxygens (including phenoxy) is 3. The molecule has 0 aliphatic carbocycles. The Labute approximate surface area is 221 Å². The van der Waals surface area contributed by atoms with Gasteiger partial charge in [-0.2, -0.15) is 0 Å². The van der Waals surface area contributed by atoms with Gasteiger partial charge in [0.1, 0.15) is 18.1 Å². The number of likely N-dealkylation sites (tertiary alicyclic amines) is 1. The van der Waals surface area contributed by atoms with E-state index in [1.807, 2.05) is 19.9 Å². The molecule has 4 rings (SSSR count). The van der Waals surface area contributed by atoms with Crippen LogP contribution in [0.15, 0.2) is 85.2 Å². The minimum absolute atomic E-state index is 0.00902. The average Bonchev–Trinajstić information content (AvgIpc) is 3.18. The molecule has 1 amide bonds. The Morgan fingerprint density at radius 2 is 1.79 bits per heavy atom. The van der Waals surface area contributed by atoms with Gasteiger partial charge in [0.2, 0.25) is 0 Å². The zero-order valence-electron chi connectivity index (χ0n) is 21.4. The number of amides is 1. The standard InChI is InChI=1S/C30H30N2O6/c1-4-16-38-24-14-11-22(17-25(24)37-6-3)27-26(28(33)21-9-12-23(13-10-21)36-5-2)29(34)30(35)32(27)19-20-8-7-15-31-18-20/h4,7-15,17-18,27,33H,1,5-6,16,19H2,2-3H3/b28-26+. The van der Waals surface area contributed by atoms with Gasteiger partial charge in [0.15, 0.2) is 11.5 Å². The molecule has 196 valence electrons. The number of carbonyl (C=O) groups is 2. The normalized spacial score (nSPS) is 16.4. The Morgan fingerprint density at radius 3 is 2.45 bits per heavy atom. The Balaban J connectivity index is 1.84. The summed E-state index contributed by atoms with van der Waals surface area (Å²) in [6, 6.07) is 14.7. The molecule has 1 aliphatic rings. The van der Waals surface area contributed by atoms with Gasteiger partial charge in [0, 0.05) is 24.5 Å². The number of aromatic nitrogens is 1. The third kappa shape index (κ3) is 5.54. The molecule has 1 unspecified atom stereocenters. The van der Waals surface area contributed by atoms with Gasteiger partial charge in [-0.15, -0.1) is 0 Å². The Hall–Kier alpha value is -4.59. The molecule has 8 heteroatoms. The SMILES string of the molecule is C=CCOc1ccc(C2/C(=C(\O)c3ccc(OCC)cc3)C(=O)C(=O)N2Cc2cccnc2)cc1OCC. The maximum Gasteiger partial charge on any atom is 0.295 e. The maximum absolute atomic E-state index is 13.4. The summed E-state index contributed by atoms with van der Waals surface area (Å²) in [7, 11) is 0. The van der Waals surface area contributed by atoms with Gasteiger partial charge in [-0.25, -0.2) is 0 Å². The van der Waals surface area contributed by atoms with E-state index in [1.54, 1.807) is 67.0 Å². The van der Waals surface area contributed by atoms with Crippen molar-refractivity contribution in [3.63, 3.8) is 0 Å². The molecule has 8 nitrogen and oxygen atoms in total. The van der Waals surface area contributed by atoms with Crippen LogP contribution in [0.4, 0.5) is 0 Å². The summed E-state index contributed by atoms with van der Waals surface area (Å²) in [5, 5.41) is 11.3. The van der Waals surface area contributed by atoms with Crippen LogP contribution >= 0.6 is 0 Å². The van der Waals surface area contributed by atoms with E-state index in [0.717, 1.165) is 5.56 Å². The third-order valence-corrected chi connectivity index (χ3v) is 5.99. The van der Waals surface area contributed by atoms with Gasteiger partial charge in [-0.1, -0.05) is 24.8 Å². The van der Waals surface area contributed by atoms with E-state index in [1.165, 1.54) is 4.90 Å². The van der Waals surface area contributed by atoms with Gasteiger partial charge in [-0.3, -0.25) is 14.6 Å². The Kier molecular flexibility index (Phi) is 8.43. The Bertz CT molecular complexity index is 1330. The van der Waals surface area contributed by atoms with E-state index in [4.69, 9.17) is 14.2 Å². The van der Waals surface area contributed by atoms with Crippen molar-refractivity contribution in [1.82, 2.24) is 9.88 Å². The minimum Gasteiger partial charge on any atom is -0.507 e. The fourth-order valence-electron chi connectivity index (χ4n) is 4.34. The first-order valence-corrected chi connectivity index (χ1v) is 12.4. The summed E-state index contributed by atoms with van der Waals surface area (Å²) in [4.78, 5) is 32.3. The van der Waals surface area contributed by atoms with Crippen LogP contribution < -0.4 is 14.2 Å². The van der Waals surface area contributed by atoms with Crippen LogP contribution in [0, 0.1) is 0 Å². The van der Waals surface area contributed by atoms with E-state index in [2.05, 4.69) is 11.6 Å². The molecule has 1 fully saturated rings. The number of pyridine rings is 1. The largest absolute Gasteiger partial charge is 0.507 e. The van der Waals surface area contributed by atoms with Crippen molar-refractivity contribution in [3.8, 4) is 17.2 Å². The summed E-state index contributed by atoms with van der Waals surface area (Å²) in [6.07, 6.45) is 4.90. The van der Waals surface area contributed by atoms with Crippen molar-refractivity contribution in [3.05, 3.63) is 102 Å². The first-order chi connectivity index (χ1) is 18.5. The molecule has 2 heterocycles. The number of carbonyl (C=O) groups excluding carboxylic acids is 2. The number of benzene rings is 2. The zero-order valence-corrected chi connectivity index (χ0v) is 21.4. The average molecular weight is 515 g/mol. The molecule has 1 atom stereocenters. The molecule has 1 aromatic heterocycles. The Morgan fingerprint density at radius 1 is 1.03 bits per heavy atom. The van der Waals surface area contributed by atoms with Crippen LogP contribution in [0.1, 0.15) is 36.6 Å². The fraction of sp³-hybridized carbons (Fsp3) is 0.233. The molecular weight excluding hydrogens is 484 g/mol. The lowest BCUT2D eigenvalue weighted by Crippen LogP contribution is -2.29. The van der Waals surface area contributed by atoms with E-state index < -0.39 is 17.7 Å². The summed E-state index contributed by atoms with van der Waals surface area (Å²) in [5.41, 5.74) is 1.73. The van der Waals surface area contributed by atoms with Crippen molar-refractivity contribution in [2.45, 2.75) is 26.4 Å². The van der Waals surface area contributed by atoms with Crippen molar-refractivity contribution >= 4 is 17.4 Å². The van der Waals surface area contributed by atoms with Crippen molar-refractivity contribution < 1.29 is 28.9 Å². The van der Waals surface area contributed by atoms with Crippen molar-refractivity contribution in [2.75, 3.05) is 19.8 Å². The third-order valence-electron chi connectivity index (χ3n) is 5.99. The molecule has 38 heavy (non-hydrogen) atoms. The van der Waals surface area contributed by atoms with E-state index in [0.29, 0.717) is 41.6 Å². The monoisotopic (exact) mass is 514 g/mol. The van der Waals surface area contributed by atoms with E-state index in [9.17, 15) is 14.7 Å². The van der Waals surface area contributed by atoms with Gasteiger partial charge in [0.25, 0.3) is 11.7 Å². The quantitative estimate of drug-likeness (QED) is 0.165. The number of aliphatic hydroxyl groups excluding tert-OH is 1. The minimum atomic E-state index is -0.866. The topological polar surface area (TPSA) is 98.2 Å². The summed E-state index contributed by atoms with van der Waals surface area (Å²) in [5.74, 6) is -0.151. The fourth-order valence-corrected chi connectivity index (χ4v) is 4.34. The van der Waals surface area contributed by atoms with Gasteiger partial charge >= 0.3 is 0 Å². The van der Waals surface area contributed by atoms with Crippen molar-refractivity contribution in [1.29, 1.82) is 0 Å². The molecule has 0 bridgehead atoms. The molecular formula is C30H30N2O6. The highest BCUT2D eigenvalue weighted by Gasteiger charge is 2.46. The molecule has 0 radical (unpaired) electrons. The smallest absolute Gasteiger partial charge is 0.295 e. The van der Waals surface area contributed by atoms with E-state index >= 15 is 0 Å². The number of aliphatic hydroxyl groups is 1. The van der Waals surface area contributed by atoms with Crippen LogP contribution in [-0.2, 0) is 16.1 Å². The number of hydrogen-bond donors (Lipinski definition) is 1. The lowest BCUT2D eigenvalue weighted by Gasteiger charge is -2.26. The highest BCUT2D eigenvalue weighted by Crippen LogP contribution is 2.42. The lowest BCUT2D eigenvalue weighted by atomic mass is 9.94. The van der Waals surface area contributed by atoms with Crippen LogP contribution in [0.2, 0.25) is 0 Å². The van der Waals surface area contributed by atoms with Crippen LogP contribution in [0.25, 0.3) is 5.76 Å². The van der Waals surface area contributed by atoms with Crippen LogP contribution in [-0.4, -0.2) is 46.5 Å². The predicted molar refractivity (Wildman–Crippen MR) is 143 cm³/mol. The molecule has 0 spiro atoms. The summed E-state index contributed by atoms with van der Waals surface area (Å²) >= 11 is 0. The zero-order chi connectivity index (χ0) is 27.1. The highest BCUT2D eigenvalue weighted by molar-refractivity contribution is 6.46. The molecule has 2 aromatic carbocycles. The lowest BCUT2D eigenvalue weighted by molar-refractivity contribution is -0.140. The van der Waals surface area contributed by atoms with E-state index in [-0.39, 0.29) is 24.5 Å². The summed E-state index contributed by atoms with van der Waals surface area (Å²) < 4.78 is 17.0. The number of hydrogen-bond acceptors (Lipinski definition) is 7.